The highest BCUT2D eigenvalue weighted by molar-refractivity contribution is 5.81. The molecule has 1 saturated heterocycles. The fourth-order valence-electron chi connectivity index (χ4n) is 3.95. The van der Waals surface area contributed by atoms with Crippen LogP contribution in [-0.4, -0.2) is 25.6 Å². The molecule has 2 aromatic rings. The van der Waals surface area contributed by atoms with E-state index in [1.807, 2.05) is 42.5 Å². The molecule has 6 heteroatoms. The third kappa shape index (κ3) is 3.07. The molecule has 1 aliphatic carbocycles. The second kappa shape index (κ2) is 7.07. The van der Waals surface area contributed by atoms with Gasteiger partial charge in [0.05, 0.1) is 31.2 Å². The summed E-state index contributed by atoms with van der Waals surface area (Å²) in [6, 6.07) is 15.6. The van der Waals surface area contributed by atoms with Gasteiger partial charge in [0.25, 0.3) is 0 Å². The molecule has 0 radical (unpaired) electrons. The number of methoxy groups -OCH3 is 1. The van der Waals surface area contributed by atoms with Crippen LogP contribution in [0.1, 0.15) is 28.8 Å². The van der Waals surface area contributed by atoms with Gasteiger partial charge >= 0.3 is 0 Å². The number of hydrogen-bond acceptors (Lipinski definition) is 5. The largest absolute Gasteiger partial charge is 0.497 e. The number of carbonyl (C=O) groups excluding carboxylic acids is 1. The smallest absolute Gasteiger partial charge is 0.226 e. The monoisotopic (exact) mass is 352 g/mol. The molecule has 2 aliphatic rings. The molecule has 0 spiro atoms. The predicted molar refractivity (Wildman–Crippen MR) is 99.4 cm³/mol. The molecular weight excluding hydrogens is 328 g/mol. The first-order chi connectivity index (χ1) is 12.7. The number of fused-ring (bicyclic) bond motifs is 1. The Kier molecular flexibility index (Phi) is 4.63. The van der Waals surface area contributed by atoms with Crippen LogP contribution < -0.4 is 26.6 Å². The standard InChI is InChI=1S/C20H24N4O2/c1-26-14-7-4-6-13(9-14)19-16(11-22-24-19)20(25)23-17-10-12-5-2-3-8-15(12)18(17)21/h2-9,16-19,22,24H,10-11,21H2,1H3,(H,23,25)/t16?,17-,18-,19?/m0/s1. The van der Waals surface area contributed by atoms with Crippen molar-refractivity contribution in [3.63, 3.8) is 0 Å². The zero-order valence-electron chi connectivity index (χ0n) is 14.7. The Morgan fingerprint density at radius 3 is 2.88 bits per heavy atom. The van der Waals surface area contributed by atoms with E-state index in [0.717, 1.165) is 23.3 Å². The van der Waals surface area contributed by atoms with Crippen LogP contribution in [0.2, 0.25) is 0 Å². The van der Waals surface area contributed by atoms with Crippen LogP contribution in [0.3, 0.4) is 0 Å². The molecule has 0 bridgehead atoms. The van der Waals surface area contributed by atoms with Gasteiger partial charge < -0.3 is 15.8 Å². The van der Waals surface area contributed by atoms with Gasteiger partial charge in [-0.3, -0.25) is 10.2 Å². The number of nitrogens with two attached hydrogens (primary N) is 1. The average Bonchev–Trinajstić information content (AvgIpc) is 3.28. The molecule has 1 fully saturated rings. The quantitative estimate of drug-likeness (QED) is 0.664. The van der Waals surface area contributed by atoms with Gasteiger partial charge in [-0.2, -0.15) is 0 Å². The fourth-order valence-corrected chi connectivity index (χ4v) is 3.95. The summed E-state index contributed by atoms with van der Waals surface area (Å²) in [6.45, 7) is 0.572. The van der Waals surface area contributed by atoms with Crippen LogP contribution in [0, 0.1) is 5.92 Å². The molecule has 1 aliphatic heterocycles. The average molecular weight is 352 g/mol. The number of carbonyl (C=O) groups is 1. The molecule has 2 unspecified atom stereocenters. The molecular formula is C20H24N4O2. The molecule has 1 amide bonds. The molecule has 0 saturated carbocycles. The Morgan fingerprint density at radius 2 is 2.08 bits per heavy atom. The number of amides is 1. The molecule has 1 heterocycles. The van der Waals surface area contributed by atoms with E-state index in [2.05, 4.69) is 22.2 Å². The maximum atomic E-state index is 13.0. The summed E-state index contributed by atoms with van der Waals surface area (Å²) in [4.78, 5) is 13.0. The Bertz CT molecular complexity index is 810. The van der Waals surface area contributed by atoms with E-state index in [0.29, 0.717) is 6.54 Å². The van der Waals surface area contributed by atoms with Gasteiger partial charge in [0.1, 0.15) is 5.75 Å². The van der Waals surface area contributed by atoms with E-state index in [9.17, 15) is 4.79 Å². The number of hydrogen-bond donors (Lipinski definition) is 4. The summed E-state index contributed by atoms with van der Waals surface area (Å²) in [6.07, 6.45) is 0.778. The zero-order chi connectivity index (χ0) is 18.1. The van der Waals surface area contributed by atoms with Crippen LogP contribution in [0.25, 0.3) is 0 Å². The lowest BCUT2D eigenvalue weighted by molar-refractivity contribution is -0.125. The van der Waals surface area contributed by atoms with Crippen molar-refractivity contribution in [1.29, 1.82) is 0 Å². The molecule has 136 valence electrons. The van der Waals surface area contributed by atoms with Gasteiger partial charge in [-0.05, 0) is 35.2 Å². The van der Waals surface area contributed by atoms with Crippen molar-refractivity contribution in [2.75, 3.05) is 13.7 Å². The van der Waals surface area contributed by atoms with Crippen molar-refractivity contribution in [2.45, 2.75) is 24.5 Å². The second-order valence-corrected chi connectivity index (χ2v) is 6.93. The first-order valence-electron chi connectivity index (χ1n) is 8.93. The minimum Gasteiger partial charge on any atom is -0.497 e. The van der Waals surface area contributed by atoms with Crippen molar-refractivity contribution in [3.05, 3.63) is 65.2 Å². The van der Waals surface area contributed by atoms with Gasteiger partial charge in [0.2, 0.25) is 5.91 Å². The predicted octanol–water partition coefficient (Wildman–Crippen LogP) is 1.20. The van der Waals surface area contributed by atoms with Crippen LogP contribution in [0.5, 0.6) is 5.75 Å². The van der Waals surface area contributed by atoms with Crippen LogP contribution in [0.15, 0.2) is 48.5 Å². The lowest BCUT2D eigenvalue weighted by atomic mass is 9.93. The van der Waals surface area contributed by atoms with E-state index in [1.165, 1.54) is 5.56 Å². The van der Waals surface area contributed by atoms with Gasteiger partial charge in [-0.1, -0.05) is 36.4 Å². The van der Waals surface area contributed by atoms with E-state index in [4.69, 9.17) is 10.5 Å². The summed E-state index contributed by atoms with van der Waals surface area (Å²) in [5.41, 5.74) is 16.1. The molecule has 5 N–H and O–H groups in total. The second-order valence-electron chi connectivity index (χ2n) is 6.93. The van der Waals surface area contributed by atoms with E-state index in [1.54, 1.807) is 7.11 Å². The van der Waals surface area contributed by atoms with Crippen molar-refractivity contribution in [3.8, 4) is 5.75 Å². The van der Waals surface area contributed by atoms with E-state index in [-0.39, 0.29) is 30.0 Å². The molecule has 26 heavy (non-hydrogen) atoms. The summed E-state index contributed by atoms with van der Waals surface area (Å²) in [5.74, 6) is 0.588. The number of nitrogens with one attached hydrogen (secondary N) is 3. The summed E-state index contributed by atoms with van der Waals surface area (Å²) < 4.78 is 5.30. The number of hydrazine groups is 1. The molecule has 6 nitrogen and oxygen atoms in total. The Labute approximate surface area is 153 Å². The molecule has 4 rings (SSSR count). The lowest BCUT2D eigenvalue weighted by Gasteiger charge is -2.23. The van der Waals surface area contributed by atoms with Crippen molar-refractivity contribution in [1.82, 2.24) is 16.2 Å². The maximum absolute atomic E-state index is 13.0. The number of rotatable bonds is 4. The molecule has 0 aromatic heterocycles. The van der Waals surface area contributed by atoms with Gasteiger partial charge in [-0.25, -0.2) is 5.43 Å². The summed E-state index contributed by atoms with van der Waals surface area (Å²) in [7, 11) is 1.64. The summed E-state index contributed by atoms with van der Waals surface area (Å²) >= 11 is 0. The summed E-state index contributed by atoms with van der Waals surface area (Å²) in [5, 5.41) is 3.17. The Hall–Kier alpha value is -2.41. The Balaban J connectivity index is 1.48. The van der Waals surface area contributed by atoms with Gasteiger partial charge in [-0.15, -0.1) is 0 Å². The minimum atomic E-state index is -0.210. The van der Waals surface area contributed by atoms with Crippen molar-refractivity contribution < 1.29 is 9.53 Å². The van der Waals surface area contributed by atoms with Crippen LogP contribution in [-0.2, 0) is 11.2 Å². The van der Waals surface area contributed by atoms with E-state index >= 15 is 0 Å². The van der Waals surface area contributed by atoms with Gasteiger partial charge in [0, 0.05) is 6.54 Å². The Morgan fingerprint density at radius 1 is 1.23 bits per heavy atom. The minimum absolute atomic E-state index is 0.0172. The third-order valence-electron chi connectivity index (χ3n) is 5.39. The SMILES string of the molecule is COc1cccc(C2NNCC2C(=O)N[C@H]2Cc3ccccc3[C@@H]2N)c1. The normalized spacial score (nSPS) is 27.2. The van der Waals surface area contributed by atoms with Crippen LogP contribution >= 0.6 is 0 Å². The van der Waals surface area contributed by atoms with Crippen LogP contribution in [0.4, 0.5) is 0 Å². The van der Waals surface area contributed by atoms with Gasteiger partial charge in [0.15, 0.2) is 0 Å². The topological polar surface area (TPSA) is 88.4 Å². The highest BCUT2D eigenvalue weighted by atomic mass is 16.5. The van der Waals surface area contributed by atoms with Crippen molar-refractivity contribution in [2.24, 2.45) is 11.7 Å². The number of ether oxygens (including phenoxy) is 1. The number of benzene rings is 2. The third-order valence-corrected chi connectivity index (χ3v) is 5.39. The molecule has 2 aromatic carbocycles. The maximum Gasteiger partial charge on any atom is 0.226 e. The molecule has 4 atom stereocenters. The highest BCUT2D eigenvalue weighted by Gasteiger charge is 2.37. The fraction of sp³-hybridized carbons (Fsp3) is 0.350. The van der Waals surface area contributed by atoms with Crippen molar-refractivity contribution >= 4 is 5.91 Å². The lowest BCUT2D eigenvalue weighted by Crippen LogP contribution is -2.45. The first-order valence-corrected chi connectivity index (χ1v) is 8.93. The first kappa shape index (κ1) is 17.0. The van der Waals surface area contributed by atoms with E-state index < -0.39 is 0 Å². The highest BCUT2D eigenvalue weighted by Crippen LogP contribution is 2.31. The zero-order valence-corrected chi connectivity index (χ0v) is 14.7.